The van der Waals surface area contributed by atoms with Gasteiger partial charge in [0, 0.05) is 10.6 Å². The second-order valence-corrected chi connectivity index (χ2v) is 7.30. The van der Waals surface area contributed by atoms with Crippen LogP contribution in [0.25, 0.3) is 0 Å². The highest BCUT2D eigenvalue weighted by molar-refractivity contribution is 7.98. The van der Waals surface area contributed by atoms with Crippen molar-refractivity contribution in [2.24, 2.45) is 5.92 Å². The minimum absolute atomic E-state index is 0.162. The van der Waals surface area contributed by atoms with Crippen LogP contribution in [0.5, 0.6) is 0 Å². The molecule has 2 atom stereocenters. The minimum atomic E-state index is -3.11. The molecule has 0 spiro atoms. The van der Waals surface area contributed by atoms with Gasteiger partial charge in [0.25, 0.3) is 0 Å². The maximum Gasteiger partial charge on any atom is 0.319 e. The summed E-state index contributed by atoms with van der Waals surface area (Å²) in [5.74, 6) is -0.320. The summed E-state index contributed by atoms with van der Waals surface area (Å²) < 4.78 is 14.9. The van der Waals surface area contributed by atoms with Gasteiger partial charge >= 0.3 is 14.3 Å². The molecule has 4 N–H and O–H groups in total. The Kier molecular flexibility index (Phi) is 9.59. The van der Waals surface area contributed by atoms with Crippen molar-refractivity contribution >= 4 is 37.6 Å². The lowest BCUT2D eigenvalue weighted by atomic mass is 10.0. The van der Waals surface area contributed by atoms with E-state index >= 15 is 0 Å². The predicted molar refractivity (Wildman–Crippen MR) is 98.9 cm³/mol. The molecule has 0 fully saturated rings. The number of rotatable bonds is 9. The Labute approximate surface area is 152 Å². The van der Waals surface area contributed by atoms with E-state index in [1.807, 2.05) is 32.2 Å². The van der Waals surface area contributed by atoms with Crippen LogP contribution >= 0.6 is 20.0 Å². The van der Waals surface area contributed by atoms with Gasteiger partial charge in [0.1, 0.15) is 12.8 Å². The lowest BCUT2D eigenvalue weighted by Gasteiger charge is -2.20. The lowest BCUT2D eigenvalue weighted by molar-refractivity contribution is -0.124. The number of benzene rings is 1. The summed E-state index contributed by atoms with van der Waals surface area (Å²) in [5, 5.41) is 7.64. The van der Waals surface area contributed by atoms with Crippen molar-refractivity contribution in [3.63, 3.8) is 0 Å². The maximum absolute atomic E-state index is 12.1. The van der Waals surface area contributed by atoms with Gasteiger partial charge in [-0.1, -0.05) is 13.8 Å². The molecular weight excluding hydrogens is 365 g/mol. The van der Waals surface area contributed by atoms with E-state index in [0.717, 1.165) is 4.90 Å². The molecule has 0 aliphatic heterocycles. The molecule has 0 saturated carbocycles. The van der Waals surface area contributed by atoms with Crippen molar-refractivity contribution in [2.45, 2.75) is 31.2 Å². The molecule has 1 aromatic carbocycles. The van der Waals surface area contributed by atoms with E-state index in [0.29, 0.717) is 12.1 Å². The summed E-state index contributed by atoms with van der Waals surface area (Å²) in [4.78, 5) is 33.9. The highest BCUT2D eigenvalue weighted by Gasteiger charge is 2.21. The fourth-order valence-electron chi connectivity index (χ4n) is 1.99. The van der Waals surface area contributed by atoms with Gasteiger partial charge in [0.2, 0.25) is 5.91 Å². The molecule has 1 rings (SSSR count). The largest absolute Gasteiger partial charge is 0.331 e. The van der Waals surface area contributed by atoms with Crippen LogP contribution in [0.1, 0.15) is 20.3 Å². The first-order chi connectivity index (χ1) is 11.8. The van der Waals surface area contributed by atoms with Crippen molar-refractivity contribution in [1.29, 1.82) is 0 Å². The molecule has 140 valence electrons. The number of carbonyl (C=O) groups excluding carboxylic acids is 2. The zero-order valence-corrected chi connectivity index (χ0v) is 16.2. The highest BCUT2D eigenvalue weighted by Crippen LogP contribution is 2.17. The van der Waals surface area contributed by atoms with Gasteiger partial charge in [-0.2, -0.15) is 0 Å². The van der Waals surface area contributed by atoms with Gasteiger partial charge in [-0.25, -0.2) is 4.79 Å². The van der Waals surface area contributed by atoms with Gasteiger partial charge in [0.05, 0.1) is 0 Å². The number of carbonyl (C=O) groups is 2. The Bertz CT molecular complexity index is 597. The molecule has 0 aliphatic rings. The molecule has 1 unspecified atom stereocenters. The molecule has 25 heavy (non-hydrogen) atoms. The van der Waals surface area contributed by atoms with Crippen LogP contribution in [0.2, 0.25) is 0 Å². The molecule has 0 aliphatic carbocycles. The molecule has 10 heteroatoms. The first-order valence-electron chi connectivity index (χ1n) is 7.66. The Morgan fingerprint density at radius 2 is 1.92 bits per heavy atom. The van der Waals surface area contributed by atoms with Crippen molar-refractivity contribution in [2.75, 3.05) is 18.3 Å². The summed E-state index contributed by atoms with van der Waals surface area (Å²) >= 11 is 1.60. The highest BCUT2D eigenvalue weighted by atomic mass is 32.2. The average molecular weight is 389 g/mol. The molecule has 3 amide bonds. The normalized spacial score (nSPS) is 13.2. The van der Waals surface area contributed by atoms with E-state index in [2.05, 4.69) is 20.5 Å². The van der Waals surface area contributed by atoms with Crippen molar-refractivity contribution in [3.8, 4) is 0 Å². The number of nitrogens with one attached hydrogen (secondary N) is 3. The topological polar surface area (TPSA) is 117 Å². The zero-order valence-electron chi connectivity index (χ0n) is 14.4. The number of hydrogen-bond acceptors (Lipinski definition) is 5. The maximum atomic E-state index is 12.1. The van der Waals surface area contributed by atoms with Crippen LogP contribution < -0.4 is 16.0 Å². The molecule has 0 saturated heterocycles. The molecule has 1 aromatic rings. The first kappa shape index (κ1) is 21.5. The standard InChI is InChI=1S/C15H24N3O5PS/c1-10(2)8-13(14(19)16-9-23-24(21)22)18-15(20)17-11-4-6-12(25-3)7-5-11/h4-7,10,13,24H,8-9H2,1-3H3,(H,16,19)(H,21,22)(H2,17,18,20)/t13-/m0/s1. The van der Waals surface area contributed by atoms with E-state index in [1.54, 1.807) is 23.9 Å². The van der Waals surface area contributed by atoms with E-state index in [9.17, 15) is 14.2 Å². The van der Waals surface area contributed by atoms with Crippen LogP contribution in [0.15, 0.2) is 29.2 Å². The fourth-order valence-corrected chi connectivity index (χ4v) is 2.60. The van der Waals surface area contributed by atoms with Crippen LogP contribution in [-0.2, 0) is 13.9 Å². The Balaban J connectivity index is 2.61. The number of hydrogen-bond donors (Lipinski definition) is 4. The van der Waals surface area contributed by atoms with Crippen molar-refractivity contribution < 1.29 is 23.6 Å². The van der Waals surface area contributed by atoms with Gasteiger partial charge in [0.15, 0.2) is 0 Å². The van der Waals surface area contributed by atoms with Crippen LogP contribution in [-0.4, -0.2) is 35.9 Å². The van der Waals surface area contributed by atoms with Crippen molar-refractivity contribution in [1.82, 2.24) is 10.6 Å². The Hall–Kier alpha value is -1.54. The number of thioether (sulfide) groups is 1. The van der Waals surface area contributed by atoms with Gasteiger partial charge in [-0.05, 0) is 42.9 Å². The molecule has 0 radical (unpaired) electrons. The van der Waals surface area contributed by atoms with E-state index < -0.39 is 26.2 Å². The Morgan fingerprint density at radius 3 is 2.44 bits per heavy atom. The SMILES string of the molecule is CSc1ccc(NC(=O)N[C@@H](CC(C)C)C(=O)NCO[PH](=O)O)cc1. The van der Waals surface area contributed by atoms with E-state index in [1.165, 1.54) is 0 Å². The van der Waals surface area contributed by atoms with Crippen molar-refractivity contribution in [3.05, 3.63) is 24.3 Å². The van der Waals surface area contributed by atoms with Crippen LogP contribution in [0.3, 0.4) is 0 Å². The third-order valence-electron chi connectivity index (χ3n) is 3.12. The molecule has 8 nitrogen and oxygen atoms in total. The van der Waals surface area contributed by atoms with Gasteiger partial charge in [-0.15, -0.1) is 11.8 Å². The molecular formula is C15H24N3O5PS. The second kappa shape index (κ2) is 11.1. The summed E-state index contributed by atoms with van der Waals surface area (Å²) in [6, 6.07) is 6.02. The zero-order chi connectivity index (χ0) is 18.8. The summed E-state index contributed by atoms with van der Waals surface area (Å²) in [7, 11) is -3.11. The third kappa shape index (κ3) is 8.92. The van der Waals surface area contributed by atoms with E-state index in [4.69, 9.17) is 4.89 Å². The lowest BCUT2D eigenvalue weighted by Crippen LogP contribution is -2.49. The smallest absolute Gasteiger partial charge is 0.319 e. The summed E-state index contributed by atoms with van der Waals surface area (Å²) in [6.07, 6.45) is 2.38. The fraction of sp³-hybridized carbons (Fsp3) is 0.467. The number of amides is 3. The predicted octanol–water partition coefficient (Wildman–Crippen LogP) is 2.42. The molecule has 0 aromatic heterocycles. The molecule has 0 bridgehead atoms. The molecule has 0 heterocycles. The Morgan fingerprint density at radius 1 is 1.28 bits per heavy atom. The average Bonchev–Trinajstić information content (AvgIpc) is 2.54. The van der Waals surface area contributed by atoms with Gasteiger partial charge < -0.3 is 20.8 Å². The monoisotopic (exact) mass is 389 g/mol. The summed E-state index contributed by atoms with van der Waals surface area (Å²) in [6.45, 7) is 3.45. The summed E-state index contributed by atoms with van der Waals surface area (Å²) in [5.41, 5.74) is 0.612. The van der Waals surface area contributed by atoms with E-state index in [-0.39, 0.29) is 12.6 Å². The van der Waals surface area contributed by atoms with Crippen LogP contribution in [0.4, 0.5) is 10.5 Å². The first-order valence-corrected chi connectivity index (χ1v) is 10.2. The number of anilines is 1. The second-order valence-electron chi connectivity index (χ2n) is 5.60. The minimum Gasteiger partial charge on any atom is -0.331 e. The quantitative estimate of drug-likeness (QED) is 0.293. The van der Waals surface area contributed by atoms with Crippen LogP contribution in [0, 0.1) is 5.92 Å². The number of urea groups is 1. The van der Waals surface area contributed by atoms with Gasteiger partial charge in [-0.3, -0.25) is 13.9 Å². The third-order valence-corrected chi connectivity index (χ3v) is 4.25.